The highest BCUT2D eigenvalue weighted by molar-refractivity contribution is 6.30. The Kier molecular flexibility index (Phi) is 4.16. The van der Waals surface area contributed by atoms with Crippen LogP contribution in [0.4, 0.5) is 11.8 Å². The van der Waals surface area contributed by atoms with Crippen molar-refractivity contribution in [3.8, 4) is 11.3 Å². The second kappa shape index (κ2) is 6.26. The molecule has 0 fully saturated rings. The molecule has 0 aliphatic rings. The van der Waals surface area contributed by atoms with E-state index in [0.717, 1.165) is 22.5 Å². The van der Waals surface area contributed by atoms with Crippen LogP contribution in [-0.2, 0) is 6.54 Å². The third kappa shape index (κ3) is 3.43. The Morgan fingerprint density at radius 1 is 1.17 bits per heavy atom. The Morgan fingerprint density at radius 3 is 2.65 bits per heavy atom. The first-order valence-electron chi connectivity index (χ1n) is 7.09. The molecule has 23 heavy (non-hydrogen) atoms. The third-order valence-corrected chi connectivity index (χ3v) is 3.79. The highest BCUT2D eigenvalue weighted by atomic mass is 35.5. The van der Waals surface area contributed by atoms with E-state index in [2.05, 4.69) is 20.4 Å². The highest BCUT2D eigenvalue weighted by Gasteiger charge is 2.09. The molecule has 3 rings (SSSR count). The molecule has 0 saturated carbocycles. The van der Waals surface area contributed by atoms with Crippen molar-refractivity contribution in [1.29, 1.82) is 0 Å². The molecule has 0 atom stereocenters. The van der Waals surface area contributed by atoms with Gasteiger partial charge in [-0.15, -0.1) is 0 Å². The minimum absolute atomic E-state index is 0.245. The molecular weight excluding hydrogens is 314 g/mol. The lowest BCUT2D eigenvalue weighted by Crippen LogP contribution is -2.07. The number of aromatic nitrogens is 3. The maximum atomic E-state index is 5.89. The Bertz CT molecular complexity index is 829. The van der Waals surface area contributed by atoms with Crippen molar-refractivity contribution >= 4 is 23.4 Å². The van der Waals surface area contributed by atoms with Crippen LogP contribution in [0.15, 0.2) is 34.9 Å². The number of rotatable bonds is 4. The minimum Gasteiger partial charge on any atom is -0.368 e. The fourth-order valence-electron chi connectivity index (χ4n) is 2.15. The summed E-state index contributed by atoms with van der Waals surface area (Å²) in [5.74, 6) is 1.64. The normalized spacial score (nSPS) is 10.7. The number of nitrogens with one attached hydrogen (secondary N) is 1. The first-order valence-corrected chi connectivity index (χ1v) is 7.47. The number of nitrogens with two attached hydrogens (primary N) is 1. The van der Waals surface area contributed by atoms with Crippen LogP contribution in [0.25, 0.3) is 11.3 Å². The van der Waals surface area contributed by atoms with Gasteiger partial charge in [0.2, 0.25) is 5.95 Å². The summed E-state index contributed by atoms with van der Waals surface area (Å²) in [4.78, 5) is 8.32. The van der Waals surface area contributed by atoms with E-state index >= 15 is 0 Å². The van der Waals surface area contributed by atoms with E-state index in [1.807, 2.05) is 44.2 Å². The summed E-state index contributed by atoms with van der Waals surface area (Å²) in [6.45, 7) is 4.29. The van der Waals surface area contributed by atoms with Crippen LogP contribution in [0.2, 0.25) is 5.02 Å². The van der Waals surface area contributed by atoms with E-state index in [-0.39, 0.29) is 5.95 Å². The van der Waals surface area contributed by atoms with Crippen molar-refractivity contribution in [3.05, 3.63) is 52.4 Å². The second-order valence-corrected chi connectivity index (χ2v) is 5.62. The molecule has 3 aromatic rings. The maximum absolute atomic E-state index is 5.89. The second-order valence-electron chi connectivity index (χ2n) is 5.18. The SMILES string of the molecule is Cc1nc(N)nc(NCc2cc(-c3ccc(Cl)cc3)no2)c1C. The topological polar surface area (TPSA) is 89.9 Å². The van der Waals surface area contributed by atoms with Gasteiger partial charge in [0.05, 0.1) is 6.54 Å². The zero-order valence-electron chi connectivity index (χ0n) is 12.8. The van der Waals surface area contributed by atoms with Crippen molar-refractivity contribution in [3.63, 3.8) is 0 Å². The van der Waals surface area contributed by atoms with Gasteiger partial charge in [-0.2, -0.15) is 4.98 Å². The van der Waals surface area contributed by atoms with Gasteiger partial charge in [0.25, 0.3) is 0 Å². The van der Waals surface area contributed by atoms with Crippen molar-refractivity contribution in [2.75, 3.05) is 11.1 Å². The number of hydrogen-bond acceptors (Lipinski definition) is 6. The van der Waals surface area contributed by atoms with Crippen LogP contribution >= 0.6 is 11.6 Å². The van der Waals surface area contributed by atoms with E-state index in [4.69, 9.17) is 21.9 Å². The van der Waals surface area contributed by atoms with Crippen LogP contribution < -0.4 is 11.1 Å². The highest BCUT2D eigenvalue weighted by Crippen LogP contribution is 2.22. The Balaban J connectivity index is 1.74. The third-order valence-electron chi connectivity index (χ3n) is 3.54. The first-order chi connectivity index (χ1) is 11.0. The van der Waals surface area contributed by atoms with E-state index in [0.29, 0.717) is 23.1 Å². The molecule has 0 aliphatic heterocycles. The lowest BCUT2D eigenvalue weighted by atomic mass is 10.1. The lowest BCUT2D eigenvalue weighted by molar-refractivity contribution is 0.390. The van der Waals surface area contributed by atoms with Crippen molar-refractivity contribution in [2.45, 2.75) is 20.4 Å². The summed E-state index contributed by atoms with van der Waals surface area (Å²) < 4.78 is 5.35. The van der Waals surface area contributed by atoms with E-state index in [1.165, 1.54) is 0 Å². The molecule has 0 bridgehead atoms. The van der Waals surface area contributed by atoms with Gasteiger partial charge >= 0.3 is 0 Å². The van der Waals surface area contributed by atoms with Crippen molar-refractivity contribution < 1.29 is 4.52 Å². The Hall–Kier alpha value is -2.60. The van der Waals surface area contributed by atoms with Crippen LogP contribution in [0.1, 0.15) is 17.0 Å². The first kappa shape index (κ1) is 15.3. The molecule has 1 aromatic carbocycles. The summed E-state index contributed by atoms with van der Waals surface area (Å²) >= 11 is 5.89. The van der Waals surface area contributed by atoms with Gasteiger partial charge < -0.3 is 15.6 Å². The average Bonchev–Trinajstić information content (AvgIpc) is 2.99. The summed E-state index contributed by atoms with van der Waals surface area (Å²) in [6.07, 6.45) is 0. The Morgan fingerprint density at radius 2 is 1.91 bits per heavy atom. The summed E-state index contributed by atoms with van der Waals surface area (Å²) in [6, 6.07) is 9.31. The maximum Gasteiger partial charge on any atom is 0.222 e. The van der Waals surface area contributed by atoms with Gasteiger partial charge in [-0.3, -0.25) is 0 Å². The number of nitrogen functional groups attached to an aromatic ring is 1. The molecule has 6 nitrogen and oxygen atoms in total. The number of nitrogens with zero attached hydrogens (tertiary/aromatic N) is 3. The predicted octanol–water partition coefficient (Wildman–Crippen LogP) is 3.60. The molecule has 3 N–H and O–H groups in total. The number of benzene rings is 1. The van der Waals surface area contributed by atoms with Gasteiger partial charge in [0, 0.05) is 27.9 Å². The van der Waals surface area contributed by atoms with E-state index in [9.17, 15) is 0 Å². The molecule has 118 valence electrons. The van der Waals surface area contributed by atoms with Gasteiger partial charge in [0.15, 0.2) is 5.76 Å². The quantitative estimate of drug-likeness (QED) is 0.760. The summed E-state index contributed by atoms with van der Waals surface area (Å²) in [7, 11) is 0. The molecule has 0 radical (unpaired) electrons. The molecule has 0 saturated heterocycles. The van der Waals surface area contributed by atoms with Crippen LogP contribution in [0, 0.1) is 13.8 Å². The van der Waals surface area contributed by atoms with Crippen LogP contribution in [-0.4, -0.2) is 15.1 Å². The molecular formula is C16H16ClN5O. The largest absolute Gasteiger partial charge is 0.368 e. The zero-order chi connectivity index (χ0) is 16.4. The number of aryl methyl sites for hydroxylation is 1. The van der Waals surface area contributed by atoms with E-state index in [1.54, 1.807) is 0 Å². The average molecular weight is 330 g/mol. The van der Waals surface area contributed by atoms with Gasteiger partial charge in [0.1, 0.15) is 11.5 Å². The summed E-state index contributed by atoms with van der Waals surface area (Å²) in [5, 5.41) is 7.96. The van der Waals surface area contributed by atoms with Crippen LogP contribution in [0.3, 0.4) is 0 Å². The molecule has 7 heteroatoms. The molecule has 0 aliphatic carbocycles. The minimum atomic E-state index is 0.245. The summed E-state index contributed by atoms with van der Waals surface area (Å²) in [5.41, 5.74) is 9.19. The Labute approximate surface area is 138 Å². The molecule has 0 amide bonds. The number of halogens is 1. The standard InChI is InChI=1S/C16H16ClN5O/c1-9-10(2)20-16(18)21-15(9)19-8-13-7-14(22-23-13)11-3-5-12(17)6-4-11/h3-7H,8H2,1-2H3,(H3,18,19,20,21). The fraction of sp³-hybridized carbons (Fsp3) is 0.188. The number of hydrogen-bond donors (Lipinski definition) is 2. The van der Waals surface area contributed by atoms with Crippen molar-refractivity contribution in [2.24, 2.45) is 0 Å². The van der Waals surface area contributed by atoms with Gasteiger partial charge in [-0.1, -0.05) is 28.9 Å². The smallest absolute Gasteiger partial charge is 0.222 e. The molecule has 2 heterocycles. The van der Waals surface area contributed by atoms with Crippen molar-refractivity contribution in [1.82, 2.24) is 15.1 Å². The lowest BCUT2D eigenvalue weighted by Gasteiger charge is -2.09. The molecule has 2 aromatic heterocycles. The van der Waals surface area contributed by atoms with E-state index < -0.39 is 0 Å². The molecule has 0 unspecified atom stereocenters. The van der Waals surface area contributed by atoms with Crippen LogP contribution in [0.5, 0.6) is 0 Å². The fourth-order valence-corrected chi connectivity index (χ4v) is 2.27. The molecule has 0 spiro atoms. The van der Waals surface area contributed by atoms with Gasteiger partial charge in [-0.25, -0.2) is 4.98 Å². The monoisotopic (exact) mass is 329 g/mol. The predicted molar refractivity (Wildman–Crippen MR) is 90.2 cm³/mol. The zero-order valence-corrected chi connectivity index (χ0v) is 13.6. The van der Waals surface area contributed by atoms with Gasteiger partial charge in [-0.05, 0) is 26.0 Å². The number of anilines is 2.